The van der Waals surface area contributed by atoms with Crippen molar-refractivity contribution in [3.05, 3.63) is 34.4 Å². The van der Waals surface area contributed by atoms with Gasteiger partial charge in [0.25, 0.3) is 5.91 Å². The number of carbonyl (C=O) groups excluding carboxylic acids is 1. The summed E-state index contributed by atoms with van der Waals surface area (Å²) in [6.45, 7) is 0. The van der Waals surface area contributed by atoms with Crippen molar-refractivity contribution in [2.24, 2.45) is 0 Å². The van der Waals surface area contributed by atoms with Crippen LogP contribution in [0.15, 0.2) is 29.3 Å². The lowest BCUT2D eigenvalue weighted by atomic mass is 9.91. The van der Waals surface area contributed by atoms with Gasteiger partial charge >= 0.3 is 5.97 Å². The van der Waals surface area contributed by atoms with E-state index in [0.29, 0.717) is 34.9 Å². The van der Waals surface area contributed by atoms with Crippen LogP contribution in [-0.4, -0.2) is 24.1 Å². The highest BCUT2D eigenvalue weighted by atomic mass is 35.5. The topological polar surface area (TPSA) is 75.6 Å². The molecule has 112 valence electrons. The Hall–Kier alpha value is -2.01. The minimum Gasteiger partial charge on any atom is -0.495 e. The van der Waals surface area contributed by atoms with E-state index in [9.17, 15) is 9.59 Å². The summed E-state index contributed by atoms with van der Waals surface area (Å²) in [6.07, 6.45) is 2.54. The van der Waals surface area contributed by atoms with E-state index >= 15 is 0 Å². The van der Waals surface area contributed by atoms with E-state index in [-0.39, 0.29) is 11.5 Å². The maximum absolute atomic E-state index is 12.2. The van der Waals surface area contributed by atoms with Crippen molar-refractivity contribution < 1.29 is 19.4 Å². The zero-order chi connectivity index (χ0) is 15.4. The van der Waals surface area contributed by atoms with Crippen LogP contribution in [0.25, 0.3) is 0 Å². The quantitative estimate of drug-likeness (QED) is 0.895. The Morgan fingerprint density at radius 2 is 1.90 bits per heavy atom. The Bertz CT molecular complexity index is 610. The Balaban J connectivity index is 2.21. The summed E-state index contributed by atoms with van der Waals surface area (Å²) in [5, 5.41) is 12.2. The molecule has 0 radical (unpaired) electrons. The van der Waals surface area contributed by atoms with Gasteiger partial charge in [0.15, 0.2) is 0 Å². The third-order valence-electron chi connectivity index (χ3n) is 3.41. The van der Waals surface area contributed by atoms with Crippen molar-refractivity contribution in [1.82, 2.24) is 0 Å². The first-order chi connectivity index (χ1) is 10.0. The summed E-state index contributed by atoms with van der Waals surface area (Å²) in [7, 11) is 1.51. The molecule has 6 heteroatoms. The lowest BCUT2D eigenvalue weighted by Crippen LogP contribution is -2.21. The van der Waals surface area contributed by atoms with Crippen molar-refractivity contribution >= 4 is 29.2 Å². The first-order valence-corrected chi connectivity index (χ1v) is 7.01. The third kappa shape index (κ3) is 3.55. The van der Waals surface area contributed by atoms with Crippen LogP contribution < -0.4 is 10.1 Å². The number of carboxylic acid groups (broad SMARTS) is 1. The van der Waals surface area contributed by atoms with E-state index in [1.807, 2.05) is 0 Å². The molecule has 2 N–H and O–H groups in total. The van der Waals surface area contributed by atoms with Gasteiger partial charge in [0.05, 0.1) is 12.1 Å². The van der Waals surface area contributed by atoms with Crippen LogP contribution in [0.3, 0.4) is 0 Å². The standard InChI is InChI=1S/C15H16ClNO4/c1-21-13-7-6-9(8-12(13)16)17-14(18)10-4-2-3-5-11(10)15(19)20/h6-8H,2-5H2,1H3,(H,17,18)(H,19,20). The predicted molar refractivity (Wildman–Crippen MR) is 79.8 cm³/mol. The van der Waals surface area contributed by atoms with Gasteiger partial charge in [-0.15, -0.1) is 0 Å². The normalized spacial score (nSPS) is 14.8. The van der Waals surface area contributed by atoms with Gasteiger partial charge in [0, 0.05) is 16.8 Å². The molecule has 1 aromatic carbocycles. The monoisotopic (exact) mass is 309 g/mol. The minimum atomic E-state index is -1.02. The average molecular weight is 310 g/mol. The largest absolute Gasteiger partial charge is 0.495 e. The van der Waals surface area contributed by atoms with Gasteiger partial charge in [0.2, 0.25) is 0 Å². The molecule has 0 saturated heterocycles. The highest BCUT2D eigenvalue weighted by molar-refractivity contribution is 6.32. The molecule has 1 aliphatic rings. The van der Waals surface area contributed by atoms with Gasteiger partial charge in [-0.05, 0) is 43.9 Å². The molecular weight excluding hydrogens is 294 g/mol. The highest BCUT2D eigenvalue weighted by Crippen LogP contribution is 2.29. The molecule has 0 bridgehead atoms. The Kier molecular flexibility index (Phi) is 4.85. The first-order valence-electron chi connectivity index (χ1n) is 6.63. The number of aliphatic carboxylic acids is 1. The number of ether oxygens (including phenoxy) is 1. The molecule has 0 saturated carbocycles. The molecule has 21 heavy (non-hydrogen) atoms. The summed E-state index contributed by atoms with van der Waals surface area (Å²) < 4.78 is 5.04. The van der Waals surface area contributed by atoms with Gasteiger partial charge in [-0.1, -0.05) is 11.6 Å². The average Bonchev–Trinajstić information content (AvgIpc) is 2.47. The van der Waals surface area contributed by atoms with E-state index in [1.54, 1.807) is 18.2 Å². The lowest BCUT2D eigenvalue weighted by Gasteiger charge is -2.17. The van der Waals surface area contributed by atoms with Crippen LogP contribution >= 0.6 is 11.6 Å². The fourth-order valence-corrected chi connectivity index (χ4v) is 2.60. The fourth-order valence-electron chi connectivity index (χ4n) is 2.34. The van der Waals surface area contributed by atoms with E-state index in [2.05, 4.69) is 5.32 Å². The van der Waals surface area contributed by atoms with Crippen molar-refractivity contribution in [2.75, 3.05) is 12.4 Å². The summed E-state index contributed by atoms with van der Waals surface area (Å²) in [5.41, 5.74) is 1.06. The van der Waals surface area contributed by atoms with Crippen LogP contribution in [0.5, 0.6) is 5.75 Å². The van der Waals surface area contributed by atoms with E-state index in [4.69, 9.17) is 21.4 Å². The van der Waals surface area contributed by atoms with Gasteiger partial charge < -0.3 is 15.2 Å². The molecule has 1 amide bonds. The van der Waals surface area contributed by atoms with E-state index < -0.39 is 5.97 Å². The number of halogens is 1. The molecule has 0 aliphatic heterocycles. The molecule has 0 heterocycles. The number of hydrogen-bond acceptors (Lipinski definition) is 3. The van der Waals surface area contributed by atoms with Crippen molar-refractivity contribution in [3.63, 3.8) is 0 Å². The number of benzene rings is 1. The Morgan fingerprint density at radius 3 is 2.48 bits per heavy atom. The number of anilines is 1. The number of rotatable bonds is 4. The second-order valence-electron chi connectivity index (χ2n) is 4.77. The molecule has 2 rings (SSSR count). The number of hydrogen-bond donors (Lipinski definition) is 2. The van der Waals surface area contributed by atoms with E-state index in [0.717, 1.165) is 12.8 Å². The van der Waals surface area contributed by atoms with Gasteiger partial charge in [-0.25, -0.2) is 4.79 Å². The molecule has 0 aromatic heterocycles. The van der Waals surface area contributed by atoms with Crippen LogP contribution in [-0.2, 0) is 9.59 Å². The third-order valence-corrected chi connectivity index (χ3v) is 3.71. The zero-order valence-electron chi connectivity index (χ0n) is 11.6. The van der Waals surface area contributed by atoms with Crippen LogP contribution in [0.2, 0.25) is 5.02 Å². The maximum atomic E-state index is 12.2. The number of methoxy groups -OCH3 is 1. The summed E-state index contributed by atoms with van der Waals surface area (Å²) >= 11 is 6.00. The second kappa shape index (κ2) is 6.63. The van der Waals surface area contributed by atoms with Gasteiger partial charge in [-0.3, -0.25) is 4.79 Å². The molecular formula is C15H16ClNO4. The number of carboxylic acids is 1. The molecule has 0 atom stereocenters. The summed E-state index contributed by atoms with van der Waals surface area (Å²) in [4.78, 5) is 23.4. The number of carbonyl (C=O) groups is 2. The zero-order valence-corrected chi connectivity index (χ0v) is 12.4. The van der Waals surface area contributed by atoms with Crippen LogP contribution in [0.4, 0.5) is 5.69 Å². The number of amides is 1. The van der Waals surface area contributed by atoms with E-state index in [1.165, 1.54) is 7.11 Å². The van der Waals surface area contributed by atoms with Crippen molar-refractivity contribution in [2.45, 2.75) is 25.7 Å². The smallest absolute Gasteiger partial charge is 0.332 e. The summed E-state index contributed by atoms with van der Waals surface area (Å²) in [5.74, 6) is -0.890. The Morgan fingerprint density at radius 1 is 1.24 bits per heavy atom. The van der Waals surface area contributed by atoms with Crippen LogP contribution in [0.1, 0.15) is 25.7 Å². The lowest BCUT2D eigenvalue weighted by molar-refractivity contribution is -0.133. The van der Waals surface area contributed by atoms with Gasteiger partial charge in [-0.2, -0.15) is 0 Å². The molecule has 0 spiro atoms. The van der Waals surface area contributed by atoms with Gasteiger partial charge in [0.1, 0.15) is 5.75 Å². The minimum absolute atomic E-state index is 0.207. The molecule has 5 nitrogen and oxygen atoms in total. The maximum Gasteiger partial charge on any atom is 0.332 e. The Labute approximate surface area is 127 Å². The second-order valence-corrected chi connectivity index (χ2v) is 5.18. The number of nitrogens with one attached hydrogen (secondary N) is 1. The molecule has 0 fully saturated rings. The highest BCUT2D eigenvalue weighted by Gasteiger charge is 2.23. The van der Waals surface area contributed by atoms with Crippen LogP contribution in [0, 0.1) is 0 Å². The first kappa shape index (κ1) is 15.4. The summed E-state index contributed by atoms with van der Waals surface area (Å²) in [6, 6.07) is 4.87. The predicted octanol–water partition coefficient (Wildman–Crippen LogP) is 3.24. The molecule has 1 aliphatic carbocycles. The SMILES string of the molecule is COc1ccc(NC(=O)C2=C(C(=O)O)CCCC2)cc1Cl. The van der Waals surface area contributed by atoms with Crippen molar-refractivity contribution in [1.29, 1.82) is 0 Å². The van der Waals surface area contributed by atoms with Crippen molar-refractivity contribution in [3.8, 4) is 5.75 Å². The molecule has 1 aromatic rings. The molecule has 0 unspecified atom stereocenters. The fraction of sp³-hybridized carbons (Fsp3) is 0.333.